The minimum Gasteiger partial charge on any atom is -0.493 e. The molecule has 1 N–H and O–H groups in total. The smallest absolute Gasteiger partial charge is 0.161 e. The van der Waals surface area contributed by atoms with Crippen molar-refractivity contribution in [3.05, 3.63) is 53.9 Å². The number of methoxy groups -OCH3 is 1. The van der Waals surface area contributed by atoms with Crippen molar-refractivity contribution in [3.8, 4) is 11.5 Å². The molecule has 106 valence electrons. The van der Waals surface area contributed by atoms with Gasteiger partial charge in [-0.2, -0.15) is 0 Å². The van der Waals surface area contributed by atoms with Crippen molar-refractivity contribution in [2.75, 3.05) is 13.7 Å². The zero-order valence-electron chi connectivity index (χ0n) is 11.7. The molecule has 4 nitrogen and oxygen atoms in total. The number of aromatic nitrogens is 1. The van der Waals surface area contributed by atoms with Gasteiger partial charge in [-0.15, -0.1) is 0 Å². The van der Waals surface area contributed by atoms with E-state index in [0.29, 0.717) is 18.1 Å². The fourth-order valence-electron chi connectivity index (χ4n) is 1.89. The summed E-state index contributed by atoms with van der Waals surface area (Å²) in [6, 6.07) is 9.39. The van der Waals surface area contributed by atoms with Gasteiger partial charge in [0.15, 0.2) is 11.5 Å². The number of ether oxygens (including phenoxy) is 2. The summed E-state index contributed by atoms with van der Waals surface area (Å²) in [4.78, 5) is 4.07. The SMILES string of the molecule is COc1cc([C@@H](C)O)ccc1OCCc1cccnc1. The quantitative estimate of drug-likeness (QED) is 0.879. The standard InChI is InChI=1S/C16H19NO3/c1-12(18)14-5-6-15(16(10-14)19-2)20-9-7-13-4-3-8-17-11-13/h3-6,8,10-12,18H,7,9H2,1-2H3/t12-/m1/s1. The second kappa shape index (κ2) is 6.91. The molecule has 0 aliphatic rings. The van der Waals surface area contributed by atoms with Crippen molar-refractivity contribution >= 4 is 0 Å². The van der Waals surface area contributed by atoms with E-state index in [9.17, 15) is 5.11 Å². The summed E-state index contributed by atoms with van der Waals surface area (Å²) in [7, 11) is 1.59. The van der Waals surface area contributed by atoms with Crippen LogP contribution in [0.3, 0.4) is 0 Å². The Balaban J connectivity index is 1.99. The predicted octanol–water partition coefficient (Wildman–Crippen LogP) is 2.77. The Morgan fingerprint density at radius 2 is 2.10 bits per heavy atom. The maximum Gasteiger partial charge on any atom is 0.161 e. The molecular formula is C16H19NO3. The molecule has 0 aliphatic heterocycles. The van der Waals surface area contributed by atoms with E-state index < -0.39 is 6.10 Å². The third-order valence-corrected chi connectivity index (χ3v) is 3.04. The highest BCUT2D eigenvalue weighted by Crippen LogP contribution is 2.30. The van der Waals surface area contributed by atoms with E-state index in [1.54, 1.807) is 26.3 Å². The number of hydrogen-bond acceptors (Lipinski definition) is 4. The molecule has 0 bridgehead atoms. The lowest BCUT2D eigenvalue weighted by molar-refractivity contribution is 0.198. The Kier molecular flexibility index (Phi) is 4.96. The van der Waals surface area contributed by atoms with Crippen molar-refractivity contribution in [2.24, 2.45) is 0 Å². The van der Waals surface area contributed by atoms with Gasteiger partial charge in [0, 0.05) is 18.8 Å². The lowest BCUT2D eigenvalue weighted by Crippen LogP contribution is -2.03. The van der Waals surface area contributed by atoms with E-state index in [-0.39, 0.29) is 0 Å². The molecule has 1 aromatic carbocycles. The molecule has 0 unspecified atom stereocenters. The van der Waals surface area contributed by atoms with Gasteiger partial charge in [0.2, 0.25) is 0 Å². The van der Waals surface area contributed by atoms with Gasteiger partial charge < -0.3 is 14.6 Å². The van der Waals surface area contributed by atoms with Gasteiger partial charge in [-0.3, -0.25) is 4.98 Å². The normalized spacial score (nSPS) is 11.9. The summed E-state index contributed by atoms with van der Waals surface area (Å²) in [6.45, 7) is 2.27. The molecule has 1 atom stereocenters. The second-order valence-electron chi connectivity index (χ2n) is 4.55. The van der Waals surface area contributed by atoms with E-state index in [4.69, 9.17) is 9.47 Å². The van der Waals surface area contributed by atoms with Crippen LogP contribution in [0.5, 0.6) is 11.5 Å². The summed E-state index contributed by atoms with van der Waals surface area (Å²) in [5.41, 5.74) is 1.94. The van der Waals surface area contributed by atoms with Crippen LogP contribution in [-0.2, 0) is 6.42 Å². The van der Waals surface area contributed by atoms with Gasteiger partial charge in [0.05, 0.1) is 19.8 Å². The van der Waals surface area contributed by atoms with Crippen LogP contribution in [0.15, 0.2) is 42.7 Å². The van der Waals surface area contributed by atoms with Gasteiger partial charge in [0.25, 0.3) is 0 Å². The number of nitrogens with zero attached hydrogens (tertiary/aromatic N) is 1. The number of pyridine rings is 1. The summed E-state index contributed by atoms with van der Waals surface area (Å²) in [6.07, 6.45) is 3.85. The van der Waals surface area contributed by atoms with Crippen molar-refractivity contribution < 1.29 is 14.6 Å². The number of aliphatic hydroxyl groups is 1. The van der Waals surface area contributed by atoms with Crippen LogP contribution in [0.1, 0.15) is 24.2 Å². The highest BCUT2D eigenvalue weighted by Gasteiger charge is 2.08. The van der Waals surface area contributed by atoms with E-state index >= 15 is 0 Å². The van der Waals surface area contributed by atoms with Crippen molar-refractivity contribution in [3.63, 3.8) is 0 Å². The number of benzene rings is 1. The monoisotopic (exact) mass is 273 g/mol. The second-order valence-corrected chi connectivity index (χ2v) is 4.55. The van der Waals surface area contributed by atoms with Gasteiger partial charge in [-0.05, 0) is 36.2 Å². The zero-order chi connectivity index (χ0) is 14.4. The maximum atomic E-state index is 9.56. The highest BCUT2D eigenvalue weighted by molar-refractivity contribution is 5.43. The molecular weight excluding hydrogens is 254 g/mol. The summed E-state index contributed by atoms with van der Waals surface area (Å²) < 4.78 is 11.0. The van der Waals surface area contributed by atoms with Crippen LogP contribution in [0.2, 0.25) is 0 Å². The number of hydrogen-bond donors (Lipinski definition) is 1. The Hall–Kier alpha value is -2.07. The van der Waals surface area contributed by atoms with Crippen LogP contribution >= 0.6 is 0 Å². The van der Waals surface area contributed by atoms with E-state index in [2.05, 4.69) is 4.98 Å². The fourth-order valence-corrected chi connectivity index (χ4v) is 1.89. The fraction of sp³-hybridized carbons (Fsp3) is 0.312. The highest BCUT2D eigenvalue weighted by atomic mass is 16.5. The van der Waals surface area contributed by atoms with Crippen molar-refractivity contribution in [1.82, 2.24) is 4.98 Å². The van der Waals surface area contributed by atoms with Gasteiger partial charge in [0.1, 0.15) is 0 Å². The van der Waals surface area contributed by atoms with Gasteiger partial charge in [-0.1, -0.05) is 12.1 Å². The molecule has 1 aromatic heterocycles. The Morgan fingerprint density at radius 1 is 1.25 bits per heavy atom. The largest absolute Gasteiger partial charge is 0.493 e. The van der Waals surface area contributed by atoms with Crippen LogP contribution in [0, 0.1) is 0 Å². The molecule has 20 heavy (non-hydrogen) atoms. The van der Waals surface area contributed by atoms with E-state index in [0.717, 1.165) is 17.5 Å². The van der Waals surface area contributed by atoms with Crippen LogP contribution in [0.4, 0.5) is 0 Å². The first-order valence-electron chi connectivity index (χ1n) is 6.58. The molecule has 4 heteroatoms. The molecule has 0 fully saturated rings. The van der Waals surface area contributed by atoms with Crippen LogP contribution < -0.4 is 9.47 Å². The van der Waals surface area contributed by atoms with E-state index in [1.165, 1.54) is 0 Å². The minimum absolute atomic E-state index is 0.520. The van der Waals surface area contributed by atoms with Crippen molar-refractivity contribution in [2.45, 2.75) is 19.4 Å². The van der Waals surface area contributed by atoms with Gasteiger partial charge >= 0.3 is 0 Å². The summed E-state index contributed by atoms with van der Waals surface area (Å²) in [5.74, 6) is 1.32. The predicted molar refractivity (Wildman–Crippen MR) is 77.1 cm³/mol. The number of aliphatic hydroxyl groups excluding tert-OH is 1. The average molecular weight is 273 g/mol. The molecule has 0 radical (unpaired) electrons. The Morgan fingerprint density at radius 3 is 2.75 bits per heavy atom. The molecule has 0 aliphatic carbocycles. The van der Waals surface area contributed by atoms with Gasteiger partial charge in [-0.25, -0.2) is 0 Å². The molecule has 0 spiro atoms. The third kappa shape index (κ3) is 3.71. The van der Waals surface area contributed by atoms with Crippen LogP contribution in [-0.4, -0.2) is 23.8 Å². The molecule has 2 rings (SSSR count). The number of rotatable bonds is 6. The first kappa shape index (κ1) is 14.3. The maximum absolute atomic E-state index is 9.56. The van der Waals surface area contributed by atoms with Crippen molar-refractivity contribution in [1.29, 1.82) is 0 Å². The lowest BCUT2D eigenvalue weighted by atomic mass is 10.1. The zero-order valence-corrected chi connectivity index (χ0v) is 11.7. The third-order valence-electron chi connectivity index (χ3n) is 3.04. The molecule has 0 saturated heterocycles. The topological polar surface area (TPSA) is 51.6 Å². The minimum atomic E-state index is -0.520. The van der Waals surface area contributed by atoms with E-state index in [1.807, 2.05) is 30.5 Å². The molecule has 0 saturated carbocycles. The summed E-state index contributed by atoms with van der Waals surface area (Å²) >= 11 is 0. The average Bonchev–Trinajstić information content (AvgIpc) is 2.48. The first-order chi connectivity index (χ1) is 9.70. The molecule has 2 aromatic rings. The summed E-state index contributed by atoms with van der Waals surface area (Å²) in [5, 5.41) is 9.56. The first-order valence-corrected chi connectivity index (χ1v) is 6.58. The van der Waals surface area contributed by atoms with Crippen LogP contribution in [0.25, 0.3) is 0 Å². The molecule has 1 heterocycles. The Bertz CT molecular complexity index is 541. The lowest BCUT2D eigenvalue weighted by Gasteiger charge is -2.13. The Labute approximate surface area is 119 Å². The molecule has 0 amide bonds.